The Morgan fingerprint density at radius 3 is 2.27 bits per heavy atom. The second kappa shape index (κ2) is 5.72. The third kappa shape index (κ3) is 4.86. The van der Waals surface area contributed by atoms with E-state index in [1.807, 2.05) is 0 Å². The van der Waals surface area contributed by atoms with Crippen LogP contribution in [0.1, 0.15) is 10.4 Å². The molecule has 0 fully saturated rings. The molecular weight excluding hydrogens is 362 g/mol. The predicted molar refractivity (Wildman–Crippen MR) is 45.6 cm³/mol. The van der Waals surface area contributed by atoms with Crippen molar-refractivity contribution in [3.63, 3.8) is 0 Å². The van der Waals surface area contributed by atoms with Crippen LogP contribution in [0.15, 0.2) is 24.3 Å². The molecular formula is C7H6O6SSm. The van der Waals surface area contributed by atoms with E-state index in [0.717, 1.165) is 12.1 Å². The fraction of sp³-hybridized carbons (Fsp3) is 0. The molecule has 0 aliphatic carbocycles. The average Bonchev–Trinajstić information content (AvgIpc) is 2.01. The first-order valence-corrected chi connectivity index (χ1v) is 4.76. The third-order valence-corrected chi connectivity index (χ3v) is 1.70. The Hall–Kier alpha value is -0.262. The Labute approximate surface area is 118 Å². The first-order valence-electron chi connectivity index (χ1n) is 3.39. The van der Waals surface area contributed by atoms with E-state index in [-0.39, 0.29) is 46.0 Å². The predicted octanol–water partition coefficient (Wildman–Crippen LogP) is 0.566. The molecule has 0 saturated heterocycles. The Kier molecular flexibility index (Phi) is 5.62. The minimum atomic E-state index is -4.70. The Morgan fingerprint density at radius 2 is 1.80 bits per heavy atom. The average molecular weight is 369 g/mol. The van der Waals surface area contributed by atoms with Gasteiger partial charge in [0, 0.05) is 40.4 Å². The topological polar surface area (TPSA) is 101 Å². The number of benzene rings is 1. The molecule has 0 aliphatic rings. The van der Waals surface area contributed by atoms with Gasteiger partial charge in [-0.15, -0.1) is 0 Å². The standard InChI is InChI=1S/C7H6O6S.Sm/c8-7(9)5-3-1-2-4-6(5)13-14(10,11)12;/h1-4H,(H,8,9)(H,10,11,12);. The molecule has 82 valence electrons. The molecule has 1 rings (SSSR count). The van der Waals surface area contributed by atoms with E-state index in [4.69, 9.17) is 9.66 Å². The number of hydrogen-bond acceptors (Lipinski definition) is 4. The van der Waals surface area contributed by atoms with Crippen molar-refractivity contribution in [2.75, 3.05) is 0 Å². The van der Waals surface area contributed by atoms with Gasteiger partial charge in [0.05, 0.1) is 0 Å². The summed E-state index contributed by atoms with van der Waals surface area (Å²) in [5, 5.41) is 8.61. The summed E-state index contributed by atoms with van der Waals surface area (Å²) >= 11 is 0. The molecule has 0 saturated carbocycles. The van der Waals surface area contributed by atoms with Crippen LogP contribution in [0.2, 0.25) is 0 Å². The van der Waals surface area contributed by atoms with Crippen molar-refractivity contribution in [3.8, 4) is 5.75 Å². The van der Waals surface area contributed by atoms with Gasteiger partial charge in [0.2, 0.25) is 0 Å². The SMILES string of the molecule is O=C(O)c1ccccc1OS(=O)(=O)O.[Sm]. The molecule has 1 aromatic carbocycles. The number of carbonyl (C=O) groups is 1. The Balaban J connectivity index is 0.00000196. The van der Waals surface area contributed by atoms with Crippen LogP contribution in [0.3, 0.4) is 0 Å². The number of carboxylic acids is 1. The minimum absolute atomic E-state index is 0. The maximum atomic E-state index is 10.6. The molecule has 0 atom stereocenters. The molecule has 0 radical (unpaired) electrons. The smallest absolute Gasteiger partial charge is 0.446 e. The van der Waals surface area contributed by atoms with E-state index in [9.17, 15) is 13.2 Å². The van der Waals surface area contributed by atoms with Crippen molar-refractivity contribution >= 4 is 16.4 Å². The van der Waals surface area contributed by atoms with Crippen molar-refractivity contribution in [1.29, 1.82) is 0 Å². The van der Waals surface area contributed by atoms with E-state index in [1.54, 1.807) is 0 Å². The van der Waals surface area contributed by atoms with Gasteiger partial charge >= 0.3 is 16.4 Å². The normalized spacial score (nSPS) is 10.2. The van der Waals surface area contributed by atoms with Crippen LogP contribution >= 0.6 is 0 Å². The number of rotatable bonds is 3. The Bertz CT molecular complexity index is 454. The maximum absolute atomic E-state index is 10.6. The van der Waals surface area contributed by atoms with E-state index < -0.39 is 22.1 Å². The van der Waals surface area contributed by atoms with Gasteiger partial charge in [-0.25, -0.2) is 4.79 Å². The molecule has 0 amide bonds. The maximum Gasteiger partial charge on any atom is 0.446 e. The van der Waals surface area contributed by atoms with Gasteiger partial charge in [0.25, 0.3) is 0 Å². The monoisotopic (exact) mass is 370 g/mol. The number of carboxylic acid groups (broad SMARTS) is 1. The van der Waals surface area contributed by atoms with Gasteiger partial charge in [-0.3, -0.25) is 4.55 Å². The molecule has 0 bridgehead atoms. The first-order chi connectivity index (χ1) is 6.40. The summed E-state index contributed by atoms with van der Waals surface area (Å²) in [7, 11) is -4.70. The van der Waals surface area contributed by atoms with E-state index in [0.29, 0.717) is 0 Å². The number of aromatic carboxylic acids is 1. The van der Waals surface area contributed by atoms with E-state index in [1.165, 1.54) is 12.1 Å². The molecule has 0 unspecified atom stereocenters. The molecule has 0 heterocycles. The molecule has 0 aromatic heterocycles. The summed E-state index contributed by atoms with van der Waals surface area (Å²) in [6.07, 6.45) is 0. The molecule has 0 aliphatic heterocycles. The van der Waals surface area contributed by atoms with Crippen LogP contribution in [-0.2, 0) is 10.4 Å². The van der Waals surface area contributed by atoms with Crippen LogP contribution in [0.4, 0.5) is 0 Å². The van der Waals surface area contributed by atoms with Crippen LogP contribution in [0, 0.1) is 40.4 Å². The summed E-state index contributed by atoms with van der Waals surface area (Å²) in [5.74, 6) is -1.77. The van der Waals surface area contributed by atoms with Crippen LogP contribution in [-0.4, -0.2) is 24.0 Å². The number of hydrogen-bond donors (Lipinski definition) is 2. The van der Waals surface area contributed by atoms with Gasteiger partial charge in [0.15, 0.2) is 5.75 Å². The number of para-hydroxylation sites is 1. The zero-order valence-corrected chi connectivity index (χ0v) is 10.6. The van der Waals surface area contributed by atoms with Crippen LogP contribution < -0.4 is 4.18 Å². The van der Waals surface area contributed by atoms with Gasteiger partial charge < -0.3 is 9.29 Å². The van der Waals surface area contributed by atoms with Crippen LogP contribution in [0.5, 0.6) is 5.75 Å². The van der Waals surface area contributed by atoms with Crippen molar-refractivity contribution in [2.45, 2.75) is 0 Å². The molecule has 6 nitrogen and oxygen atoms in total. The zero-order chi connectivity index (χ0) is 10.8. The minimum Gasteiger partial charge on any atom is -0.478 e. The van der Waals surface area contributed by atoms with Crippen molar-refractivity contribution in [3.05, 3.63) is 29.8 Å². The zero-order valence-electron chi connectivity index (χ0n) is 7.15. The molecule has 8 heteroatoms. The van der Waals surface area contributed by atoms with Crippen LogP contribution in [0.25, 0.3) is 0 Å². The van der Waals surface area contributed by atoms with Crippen molar-refractivity contribution in [2.24, 2.45) is 0 Å². The summed E-state index contributed by atoms with van der Waals surface area (Å²) in [6, 6.07) is 5.06. The fourth-order valence-corrected chi connectivity index (χ4v) is 1.20. The van der Waals surface area contributed by atoms with Crippen molar-refractivity contribution in [1.82, 2.24) is 0 Å². The van der Waals surface area contributed by atoms with Crippen molar-refractivity contribution < 1.29 is 67.4 Å². The molecule has 2 N–H and O–H groups in total. The van der Waals surface area contributed by atoms with E-state index >= 15 is 0 Å². The van der Waals surface area contributed by atoms with Gasteiger partial charge in [-0.05, 0) is 12.1 Å². The van der Waals surface area contributed by atoms with Gasteiger partial charge in [0.1, 0.15) is 5.56 Å². The Morgan fingerprint density at radius 1 is 1.27 bits per heavy atom. The third-order valence-electron chi connectivity index (χ3n) is 1.31. The summed E-state index contributed by atoms with van der Waals surface area (Å²) in [4.78, 5) is 10.6. The summed E-state index contributed by atoms with van der Waals surface area (Å²) < 4.78 is 33.0. The van der Waals surface area contributed by atoms with E-state index in [2.05, 4.69) is 4.18 Å². The first kappa shape index (κ1) is 14.7. The molecule has 15 heavy (non-hydrogen) atoms. The quantitative estimate of drug-likeness (QED) is 0.756. The molecule has 0 spiro atoms. The second-order valence-electron chi connectivity index (χ2n) is 2.31. The van der Waals surface area contributed by atoms with Gasteiger partial charge in [-0.1, -0.05) is 12.1 Å². The second-order valence-corrected chi connectivity index (χ2v) is 3.33. The summed E-state index contributed by atoms with van der Waals surface area (Å²) in [5.41, 5.74) is -0.342. The van der Waals surface area contributed by atoms with Gasteiger partial charge in [-0.2, -0.15) is 8.42 Å². The molecule has 1 aromatic rings. The summed E-state index contributed by atoms with van der Waals surface area (Å²) in [6.45, 7) is 0. The fourth-order valence-electron chi connectivity index (χ4n) is 0.829. The largest absolute Gasteiger partial charge is 0.478 e.